The largest absolute Gasteiger partial charge is 0.453 e. The Morgan fingerprint density at radius 3 is 2.95 bits per heavy atom. The van der Waals surface area contributed by atoms with Crippen LogP contribution in [0, 0.1) is 0 Å². The van der Waals surface area contributed by atoms with Crippen LogP contribution in [0.4, 0.5) is 0 Å². The Balaban J connectivity index is 1.72. The summed E-state index contributed by atoms with van der Waals surface area (Å²) in [5, 5.41) is 0.991. The minimum Gasteiger partial charge on any atom is -0.453 e. The van der Waals surface area contributed by atoms with Gasteiger partial charge in [0, 0.05) is 29.0 Å². The van der Waals surface area contributed by atoms with Crippen molar-refractivity contribution in [3.63, 3.8) is 0 Å². The SMILES string of the molecule is CC1(C)CN(CC(=O)c2cc3ccccc3o2)CCS1. The van der Waals surface area contributed by atoms with Gasteiger partial charge in [0.2, 0.25) is 5.78 Å². The minimum absolute atomic E-state index is 0.0731. The third-order valence-electron chi connectivity index (χ3n) is 3.57. The van der Waals surface area contributed by atoms with Gasteiger partial charge in [-0.1, -0.05) is 18.2 Å². The Labute approximate surface area is 123 Å². The number of ketones is 1. The number of carbonyl (C=O) groups excluding carboxylic acids is 1. The van der Waals surface area contributed by atoms with Gasteiger partial charge in [-0.2, -0.15) is 11.8 Å². The fourth-order valence-corrected chi connectivity index (χ4v) is 3.83. The summed E-state index contributed by atoms with van der Waals surface area (Å²) in [6.45, 7) is 6.83. The second-order valence-electron chi connectivity index (χ2n) is 5.89. The van der Waals surface area contributed by atoms with Crippen molar-refractivity contribution in [1.82, 2.24) is 4.90 Å². The molecule has 1 aliphatic rings. The Hall–Kier alpha value is -1.26. The first-order valence-electron chi connectivity index (χ1n) is 6.92. The van der Waals surface area contributed by atoms with Gasteiger partial charge < -0.3 is 4.42 Å². The topological polar surface area (TPSA) is 33.5 Å². The monoisotopic (exact) mass is 289 g/mol. The second-order valence-corrected chi connectivity index (χ2v) is 7.69. The zero-order chi connectivity index (χ0) is 14.2. The van der Waals surface area contributed by atoms with Crippen LogP contribution in [0.5, 0.6) is 0 Å². The highest BCUT2D eigenvalue weighted by atomic mass is 32.2. The molecular formula is C16H19NO2S. The lowest BCUT2D eigenvalue weighted by atomic mass is 10.1. The van der Waals surface area contributed by atoms with Crippen molar-refractivity contribution in [3.8, 4) is 0 Å². The van der Waals surface area contributed by atoms with E-state index < -0.39 is 0 Å². The first-order valence-corrected chi connectivity index (χ1v) is 7.90. The molecule has 0 unspecified atom stereocenters. The van der Waals surface area contributed by atoms with Crippen LogP contribution in [-0.4, -0.2) is 40.8 Å². The molecule has 0 aliphatic carbocycles. The molecule has 1 aliphatic heterocycles. The number of rotatable bonds is 3. The summed E-state index contributed by atoms with van der Waals surface area (Å²) < 4.78 is 5.87. The van der Waals surface area contributed by atoms with Crippen LogP contribution in [0.3, 0.4) is 0 Å². The fraction of sp³-hybridized carbons (Fsp3) is 0.438. The van der Waals surface area contributed by atoms with Crippen molar-refractivity contribution in [3.05, 3.63) is 36.1 Å². The van der Waals surface area contributed by atoms with Crippen molar-refractivity contribution in [1.29, 1.82) is 0 Å². The van der Waals surface area contributed by atoms with Crippen LogP contribution in [-0.2, 0) is 0 Å². The van der Waals surface area contributed by atoms with Crippen LogP contribution in [0.2, 0.25) is 0 Å². The molecule has 0 N–H and O–H groups in total. The zero-order valence-electron chi connectivity index (χ0n) is 11.9. The van der Waals surface area contributed by atoms with E-state index in [0.29, 0.717) is 12.3 Å². The van der Waals surface area contributed by atoms with Crippen molar-refractivity contribution in [2.75, 3.05) is 25.4 Å². The van der Waals surface area contributed by atoms with Gasteiger partial charge >= 0.3 is 0 Å². The normalized spacial score (nSPS) is 19.3. The highest BCUT2D eigenvalue weighted by molar-refractivity contribution is 8.00. The number of hydrogen-bond donors (Lipinski definition) is 0. The maximum Gasteiger partial charge on any atom is 0.211 e. The fourth-order valence-electron chi connectivity index (χ4n) is 2.65. The molecule has 0 spiro atoms. The molecule has 4 heteroatoms. The molecule has 1 aromatic carbocycles. The first kappa shape index (κ1) is 13.7. The van der Waals surface area contributed by atoms with Crippen LogP contribution in [0.25, 0.3) is 11.0 Å². The minimum atomic E-state index is 0.0731. The number of carbonyl (C=O) groups is 1. The molecule has 1 aromatic heterocycles. The summed E-state index contributed by atoms with van der Waals surface area (Å²) in [6.07, 6.45) is 0. The molecular weight excluding hydrogens is 270 g/mol. The van der Waals surface area contributed by atoms with Crippen molar-refractivity contribution < 1.29 is 9.21 Å². The summed E-state index contributed by atoms with van der Waals surface area (Å²) >= 11 is 1.97. The lowest BCUT2D eigenvalue weighted by Crippen LogP contribution is -2.45. The van der Waals surface area contributed by atoms with Gasteiger partial charge in [0.1, 0.15) is 5.58 Å². The number of hydrogen-bond acceptors (Lipinski definition) is 4. The van der Waals surface area contributed by atoms with E-state index in [1.807, 2.05) is 42.1 Å². The first-order chi connectivity index (χ1) is 9.53. The quantitative estimate of drug-likeness (QED) is 0.810. The van der Waals surface area contributed by atoms with Gasteiger partial charge in [0.05, 0.1) is 6.54 Å². The average molecular weight is 289 g/mol. The van der Waals surface area contributed by atoms with Gasteiger partial charge in [-0.15, -0.1) is 0 Å². The van der Waals surface area contributed by atoms with Gasteiger partial charge in [-0.25, -0.2) is 0 Å². The molecule has 20 heavy (non-hydrogen) atoms. The zero-order valence-corrected chi connectivity index (χ0v) is 12.7. The van der Waals surface area contributed by atoms with Crippen LogP contribution >= 0.6 is 11.8 Å². The average Bonchev–Trinajstić information content (AvgIpc) is 2.81. The third kappa shape index (κ3) is 2.91. The molecule has 0 atom stereocenters. The Kier molecular flexibility index (Phi) is 3.61. The smallest absolute Gasteiger partial charge is 0.211 e. The van der Waals surface area contributed by atoms with E-state index in [2.05, 4.69) is 18.7 Å². The van der Waals surface area contributed by atoms with Crippen molar-refractivity contribution in [2.45, 2.75) is 18.6 Å². The number of nitrogens with zero attached hydrogens (tertiary/aromatic N) is 1. The van der Waals surface area contributed by atoms with Crippen molar-refractivity contribution in [2.24, 2.45) is 0 Å². The van der Waals surface area contributed by atoms with Gasteiger partial charge in [0.15, 0.2) is 5.76 Å². The molecule has 3 nitrogen and oxygen atoms in total. The predicted molar refractivity (Wildman–Crippen MR) is 83.5 cm³/mol. The summed E-state index contributed by atoms with van der Waals surface area (Å²) in [5.41, 5.74) is 0.783. The molecule has 1 saturated heterocycles. The van der Waals surface area contributed by atoms with Crippen LogP contribution in [0.1, 0.15) is 24.4 Å². The number of furan rings is 1. The highest BCUT2D eigenvalue weighted by Crippen LogP contribution is 2.29. The molecule has 2 heterocycles. The lowest BCUT2D eigenvalue weighted by Gasteiger charge is -2.36. The lowest BCUT2D eigenvalue weighted by molar-refractivity contribution is 0.0902. The molecule has 2 aromatic rings. The molecule has 0 saturated carbocycles. The van der Waals surface area contributed by atoms with Gasteiger partial charge in [-0.05, 0) is 26.0 Å². The standard InChI is InChI=1S/C16H19NO2S/c1-16(2)11-17(7-8-20-16)10-13(18)15-9-12-5-3-4-6-14(12)19-15/h3-6,9H,7-8,10-11H2,1-2H3. The van der Waals surface area contributed by atoms with E-state index >= 15 is 0 Å². The second kappa shape index (κ2) is 5.26. The van der Waals surface area contributed by atoms with Gasteiger partial charge in [-0.3, -0.25) is 9.69 Å². The molecule has 106 valence electrons. The van der Waals surface area contributed by atoms with Gasteiger partial charge in [0.25, 0.3) is 0 Å². The number of Topliss-reactive ketones (excluding diaryl/α,β-unsaturated/α-hetero) is 1. The van der Waals surface area contributed by atoms with E-state index in [-0.39, 0.29) is 10.5 Å². The number of para-hydroxylation sites is 1. The van der Waals surface area contributed by atoms with E-state index in [0.717, 1.165) is 29.8 Å². The molecule has 1 fully saturated rings. The number of fused-ring (bicyclic) bond motifs is 1. The summed E-state index contributed by atoms with van der Waals surface area (Å²) in [6, 6.07) is 9.59. The number of thioether (sulfide) groups is 1. The van der Waals surface area contributed by atoms with E-state index in [1.54, 1.807) is 0 Å². The maximum absolute atomic E-state index is 12.4. The predicted octanol–water partition coefficient (Wildman–Crippen LogP) is 3.44. The highest BCUT2D eigenvalue weighted by Gasteiger charge is 2.28. The third-order valence-corrected chi connectivity index (χ3v) is 4.87. The van der Waals surface area contributed by atoms with Crippen LogP contribution in [0.15, 0.2) is 34.7 Å². The summed E-state index contributed by atoms with van der Waals surface area (Å²) in [4.78, 5) is 14.6. The molecule has 0 bridgehead atoms. The Morgan fingerprint density at radius 2 is 2.20 bits per heavy atom. The van der Waals surface area contributed by atoms with Crippen molar-refractivity contribution >= 4 is 28.5 Å². The summed E-state index contributed by atoms with van der Waals surface area (Å²) in [7, 11) is 0. The van der Waals surface area contributed by atoms with E-state index in [4.69, 9.17) is 4.42 Å². The van der Waals surface area contributed by atoms with E-state index in [9.17, 15) is 4.79 Å². The van der Waals surface area contributed by atoms with Crippen LogP contribution < -0.4 is 0 Å². The summed E-state index contributed by atoms with van der Waals surface area (Å²) in [5.74, 6) is 1.63. The Morgan fingerprint density at radius 1 is 1.40 bits per heavy atom. The number of benzene rings is 1. The molecule has 0 amide bonds. The van der Waals surface area contributed by atoms with E-state index in [1.165, 1.54) is 0 Å². The molecule has 3 rings (SSSR count). The Bertz CT molecular complexity index is 599. The maximum atomic E-state index is 12.4. The molecule has 0 radical (unpaired) electrons.